The molecule has 2 aromatic heterocycles. The van der Waals surface area contributed by atoms with Crippen LogP contribution in [-0.2, 0) is 6.54 Å². The molecule has 116 valence electrons. The number of aromatic nitrogens is 1. The minimum Gasteiger partial charge on any atom is -0.464 e. The van der Waals surface area contributed by atoms with Crippen molar-refractivity contribution in [3.63, 3.8) is 0 Å². The molecule has 2 heterocycles. The number of hydrogen-bond acceptors (Lipinski definition) is 3. The van der Waals surface area contributed by atoms with Gasteiger partial charge < -0.3 is 14.3 Å². The van der Waals surface area contributed by atoms with Gasteiger partial charge in [0.05, 0.1) is 6.54 Å². The van der Waals surface area contributed by atoms with Crippen LogP contribution in [0.1, 0.15) is 46.8 Å². The first kappa shape index (κ1) is 14.6. The number of carbonyl (C=O) groups excluding carboxylic acids is 1. The van der Waals surface area contributed by atoms with E-state index in [2.05, 4.69) is 11.9 Å². The predicted octanol–water partition coefficient (Wildman–Crippen LogP) is 2.67. The molecule has 2 aromatic rings. The van der Waals surface area contributed by atoms with Crippen molar-refractivity contribution in [2.24, 2.45) is 5.92 Å². The predicted molar refractivity (Wildman–Crippen MR) is 82.8 cm³/mol. The molecule has 5 nitrogen and oxygen atoms in total. The number of H-pyrrole nitrogens is 1. The number of aryl methyl sites for hydroxylation is 1. The van der Waals surface area contributed by atoms with E-state index in [9.17, 15) is 9.59 Å². The monoisotopic (exact) mass is 300 g/mol. The summed E-state index contributed by atoms with van der Waals surface area (Å²) in [5.74, 6) is 2.64. The number of aromatic amines is 1. The Bertz CT molecular complexity index is 759. The molecule has 0 spiro atoms. The standard InChI is InChI=1S/C17H20N2O3/c1-10-8-14(10)15-7-5-12(22-15)9-19(3)17(21)13-6-4-11(2)18-16(13)20/h4-7,10,14H,8-9H2,1-3H3,(H,18,20)/t10-,14-/m0/s1. The van der Waals surface area contributed by atoms with Crippen LogP contribution < -0.4 is 5.56 Å². The molecule has 22 heavy (non-hydrogen) atoms. The molecule has 0 saturated heterocycles. The molecule has 1 aliphatic carbocycles. The maximum Gasteiger partial charge on any atom is 0.260 e. The Morgan fingerprint density at radius 1 is 1.36 bits per heavy atom. The number of hydrogen-bond donors (Lipinski definition) is 1. The third-order valence-electron chi connectivity index (χ3n) is 4.18. The SMILES string of the molecule is Cc1ccc(C(=O)N(C)Cc2ccc([C@H]3C[C@@H]3C)o2)c(=O)[nH]1. The average molecular weight is 300 g/mol. The molecule has 0 aromatic carbocycles. The molecule has 0 radical (unpaired) electrons. The minimum absolute atomic E-state index is 0.149. The van der Waals surface area contributed by atoms with Crippen LogP contribution in [0, 0.1) is 12.8 Å². The number of amides is 1. The van der Waals surface area contributed by atoms with E-state index in [0.29, 0.717) is 18.4 Å². The summed E-state index contributed by atoms with van der Waals surface area (Å²) < 4.78 is 5.80. The van der Waals surface area contributed by atoms with Crippen LogP contribution in [-0.4, -0.2) is 22.8 Å². The molecule has 5 heteroatoms. The van der Waals surface area contributed by atoms with Crippen molar-refractivity contribution < 1.29 is 9.21 Å². The smallest absolute Gasteiger partial charge is 0.260 e. The summed E-state index contributed by atoms with van der Waals surface area (Å²) >= 11 is 0. The zero-order valence-electron chi connectivity index (χ0n) is 13.1. The third-order valence-corrected chi connectivity index (χ3v) is 4.18. The highest BCUT2D eigenvalue weighted by Crippen LogP contribution is 2.47. The molecule has 0 unspecified atom stereocenters. The van der Waals surface area contributed by atoms with Crippen molar-refractivity contribution in [1.29, 1.82) is 0 Å². The van der Waals surface area contributed by atoms with Crippen LogP contribution in [0.5, 0.6) is 0 Å². The highest BCUT2D eigenvalue weighted by Gasteiger charge is 2.36. The van der Waals surface area contributed by atoms with E-state index in [4.69, 9.17) is 4.42 Å². The lowest BCUT2D eigenvalue weighted by molar-refractivity contribution is 0.0773. The third kappa shape index (κ3) is 2.84. The van der Waals surface area contributed by atoms with Gasteiger partial charge in [0.15, 0.2) is 0 Å². The van der Waals surface area contributed by atoms with Gasteiger partial charge in [-0.1, -0.05) is 6.92 Å². The lowest BCUT2D eigenvalue weighted by Gasteiger charge is -2.15. The maximum atomic E-state index is 12.4. The lowest BCUT2D eigenvalue weighted by Crippen LogP contribution is -2.31. The average Bonchev–Trinajstić information content (AvgIpc) is 3.01. The van der Waals surface area contributed by atoms with Crippen LogP contribution >= 0.6 is 0 Å². The number of nitrogens with one attached hydrogen (secondary N) is 1. The normalized spacial score (nSPS) is 20.0. The molecule has 1 N–H and O–H groups in total. The van der Waals surface area contributed by atoms with E-state index in [-0.39, 0.29) is 17.0 Å². The highest BCUT2D eigenvalue weighted by atomic mass is 16.3. The molecule has 1 fully saturated rings. The molecule has 2 atom stereocenters. The fourth-order valence-corrected chi connectivity index (χ4v) is 2.65. The summed E-state index contributed by atoms with van der Waals surface area (Å²) in [4.78, 5) is 28.3. The first-order chi connectivity index (χ1) is 10.5. The van der Waals surface area contributed by atoms with Crippen LogP contribution in [0.3, 0.4) is 0 Å². The molecular formula is C17H20N2O3. The summed E-state index contributed by atoms with van der Waals surface area (Å²) in [6.07, 6.45) is 1.17. The van der Waals surface area contributed by atoms with Gasteiger partial charge in [0, 0.05) is 18.7 Å². The molecular weight excluding hydrogens is 280 g/mol. The summed E-state index contributed by atoms with van der Waals surface area (Å²) in [6.45, 7) is 4.34. The van der Waals surface area contributed by atoms with Gasteiger partial charge in [-0.05, 0) is 43.5 Å². The molecule has 0 bridgehead atoms. The van der Waals surface area contributed by atoms with E-state index < -0.39 is 0 Å². The van der Waals surface area contributed by atoms with E-state index in [1.165, 1.54) is 11.3 Å². The summed E-state index contributed by atoms with van der Waals surface area (Å²) in [5.41, 5.74) is 0.526. The van der Waals surface area contributed by atoms with Crippen molar-refractivity contribution in [3.05, 3.63) is 57.4 Å². The van der Waals surface area contributed by atoms with E-state index in [1.54, 1.807) is 26.1 Å². The second-order valence-corrected chi connectivity index (χ2v) is 6.17. The van der Waals surface area contributed by atoms with E-state index in [1.807, 2.05) is 12.1 Å². The van der Waals surface area contributed by atoms with Gasteiger partial charge in [0.1, 0.15) is 17.1 Å². The van der Waals surface area contributed by atoms with Gasteiger partial charge in [0.2, 0.25) is 0 Å². The van der Waals surface area contributed by atoms with Crippen LogP contribution in [0.2, 0.25) is 0 Å². The Morgan fingerprint density at radius 2 is 2.09 bits per heavy atom. The molecule has 0 aliphatic heterocycles. The summed E-state index contributed by atoms with van der Waals surface area (Å²) in [5, 5.41) is 0. The van der Waals surface area contributed by atoms with Crippen molar-refractivity contribution in [2.45, 2.75) is 32.7 Å². The second-order valence-electron chi connectivity index (χ2n) is 6.17. The summed E-state index contributed by atoms with van der Waals surface area (Å²) in [7, 11) is 1.67. The van der Waals surface area contributed by atoms with Crippen molar-refractivity contribution in [2.75, 3.05) is 7.05 Å². The number of carbonyl (C=O) groups is 1. The Kier molecular flexibility index (Phi) is 3.64. The van der Waals surface area contributed by atoms with Crippen molar-refractivity contribution in [3.8, 4) is 0 Å². The highest BCUT2D eigenvalue weighted by molar-refractivity contribution is 5.93. The number of furan rings is 1. The van der Waals surface area contributed by atoms with Gasteiger partial charge >= 0.3 is 0 Å². The zero-order chi connectivity index (χ0) is 15.9. The summed E-state index contributed by atoms with van der Waals surface area (Å²) in [6, 6.07) is 7.18. The Balaban J connectivity index is 1.70. The first-order valence-corrected chi connectivity index (χ1v) is 7.49. The van der Waals surface area contributed by atoms with Gasteiger partial charge in [-0.3, -0.25) is 9.59 Å². The molecule has 1 amide bonds. The fraction of sp³-hybridized carbons (Fsp3) is 0.412. The van der Waals surface area contributed by atoms with Crippen molar-refractivity contribution in [1.82, 2.24) is 9.88 Å². The van der Waals surface area contributed by atoms with E-state index >= 15 is 0 Å². The number of nitrogens with zero attached hydrogens (tertiary/aromatic N) is 1. The Labute approximate surface area is 128 Å². The number of rotatable bonds is 4. The van der Waals surface area contributed by atoms with Crippen molar-refractivity contribution >= 4 is 5.91 Å². The van der Waals surface area contributed by atoms with E-state index in [0.717, 1.165) is 17.2 Å². The quantitative estimate of drug-likeness (QED) is 0.944. The largest absolute Gasteiger partial charge is 0.464 e. The maximum absolute atomic E-state index is 12.4. The van der Waals surface area contributed by atoms with Gasteiger partial charge in [-0.2, -0.15) is 0 Å². The topological polar surface area (TPSA) is 66.3 Å². The van der Waals surface area contributed by atoms with Crippen LogP contribution in [0.25, 0.3) is 0 Å². The number of pyridine rings is 1. The fourth-order valence-electron chi connectivity index (χ4n) is 2.65. The molecule has 3 rings (SSSR count). The second kappa shape index (κ2) is 5.48. The minimum atomic E-state index is -0.358. The van der Waals surface area contributed by atoms with Crippen LogP contribution in [0.15, 0.2) is 33.5 Å². The lowest BCUT2D eigenvalue weighted by atomic mass is 10.2. The Morgan fingerprint density at radius 3 is 2.73 bits per heavy atom. The molecule has 1 saturated carbocycles. The van der Waals surface area contributed by atoms with Gasteiger partial charge in [-0.15, -0.1) is 0 Å². The van der Waals surface area contributed by atoms with Gasteiger partial charge in [0.25, 0.3) is 11.5 Å². The Hall–Kier alpha value is -2.30. The molecule has 1 aliphatic rings. The first-order valence-electron chi connectivity index (χ1n) is 7.49. The zero-order valence-corrected chi connectivity index (χ0v) is 13.1. The van der Waals surface area contributed by atoms with Gasteiger partial charge in [-0.25, -0.2) is 0 Å². The van der Waals surface area contributed by atoms with Crippen LogP contribution in [0.4, 0.5) is 0 Å².